The Bertz CT molecular complexity index is 2540. The zero-order valence-electron chi connectivity index (χ0n) is 65.6. The van der Waals surface area contributed by atoms with Gasteiger partial charge in [-0.15, -0.1) is 0 Å². The van der Waals surface area contributed by atoms with Crippen molar-refractivity contribution < 1.29 is 75.8 Å². The van der Waals surface area contributed by atoms with Crippen LogP contribution in [0.5, 0.6) is 0 Å². The number of ether oxygens (including phenoxy) is 3. The van der Waals surface area contributed by atoms with E-state index in [9.17, 15) is 43.5 Å². The summed E-state index contributed by atoms with van der Waals surface area (Å²) >= 11 is 0. The van der Waals surface area contributed by atoms with E-state index >= 15 is 0 Å². The highest BCUT2D eigenvalue weighted by atomic mass is 31.2. The summed E-state index contributed by atoms with van der Waals surface area (Å²) in [5, 5.41) is 20.7. The minimum Gasteiger partial charge on any atom is -0.463 e. The third-order valence-corrected chi connectivity index (χ3v) is 18.6. The van der Waals surface area contributed by atoms with Crippen LogP contribution in [0.4, 0.5) is 0 Å². The number of aliphatic hydroxyl groups excluding tert-OH is 2. The Morgan fingerprint density at radius 3 is 0.810 bits per heavy atom. The lowest BCUT2D eigenvalue weighted by Crippen LogP contribution is -2.30. The maximum absolute atomic E-state index is 13.0. The number of aliphatic hydroxyl groups is 2. The molecule has 0 spiro atoms. The van der Waals surface area contributed by atoms with Crippen molar-refractivity contribution in [3.63, 3.8) is 0 Å². The van der Waals surface area contributed by atoms with E-state index in [0.29, 0.717) is 19.3 Å². The first-order chi connectivity index (χ1) is 51.2. The molecular weight excluding hydrogens is 1360 g/mol. The van der Waals surface area contributed by atoms with E-state index in [1.807, 2.05) is 0 Å². The van der Waals surface area contributed by atoms with Crippen molar-refractivity contribution >= 4 is 33.6 Å². The van der Waals surface area contributed by atoms with Crippen LogP contribution in [0.2, 0.25) is 0 Å². The zero-order valence-corrected chi connectivity index (χ0v) is 67.4. The van der Waals surface area contributed by atoms with Crippen LogP contribution in [0.1, 0.15) is 316 Å². The Labute approximate surface area is 638 Å². The molecule has 18 heteroatoms. The molecule has 0 aromatic carbocycles. The van der Waals surface area contributed by atoms with Crippen LogP contribution < -0.4 is 0 Å². The number of hydrogen-bond donors (Lipinski definition) is 4. The van der Waals surface area contributed by atoms with Gasteiger partial charge in [-0.25, -0.2) is 9.13 Å². The highest BCUT2D eigenvalue weighted by Crippen LogP contribution is 2.45. The predicted molar refractivity (Wildman–Crippen MR) is 435 cm³/mol. The van der Waals surface area contributed by atoms with E-state index in [2.05, 4.69) is 179 Å². The first-order valence-electron chi connectivity index (χ1n) is 40.8. The van der Waals surface area contributed by atoms with Crippen LogP contribution in [0.15, 0.2) is 158 Å². The summed E-state index contributed by atoms with van der Waals surface area (Å²) in [5.74, 6) is -1.63. The van der Waals surface area contributed by atoms with Crippen LogP contribution in [0, 0.1) is 0 Å². The van der Waals surface area contributed by atoms with E-state index in [1.165, 1.54) is 103 Å². The average molecular weight is 1510 g/mol. The summed E-state index contributed by atoms with van der Waals surface area (Å²) in [4.78, 5) is 58.8. The lowest BCUT2D eigenvalue weighted by Gasteiger charge is -2.21. The molecule has 0 bridgehead atoms. The first kappa shape index (κ1) is 100. The number of carbonyl (C=O) groups is 3. The second-order valence-electron chi connectivity index (χ2n) is 26.8. The van der Waals surface area contributed by atoms with Gasteiger partial charge in [0.2, 0.25) is 0 Å². The fourth-order valence-corrected chi connectivity index (χ4v) is 12.1. The fourth-order valence-electron chi connectivity index (χ4n) is 10.5. The quantitative estimate of drug-likeness (QED) is 0.0146. The summed E-state index contributed by atoms with van der Waals surface area (Å²) in [5.41, 5.74) is 0. The molecule has 0 fully saturated rings. The molecule has 0 radical (unpaired) electrons. The van der Waals surface area contributed by atoms with Gasteiger partial charge in [0.15, 0.2) is 6.10 Å². The second-order valence-corrected chi connectivity index (χ2v) is 29.7. The van der Waals surface area contributed by atoms with Crippen LogP contribution in [0.25, 0.3) is 0 Å². The highest BCUT2D eigenvalue weighted by molar-refractivity contribution is 7.47. The topological polar surface area (TPSA) is 231 Å². The van der Waals surface area contributed by atoms with Gasteiger partial charge >= 0.3 is 33.6 Å². The van der Waals surface area contributed by atoms with Gasteiger partial charge in [0.05, 0.1) is 26.4 Å². The Morgan fingerprint density at radius 2 is 0.505 bits per heavy atom. The van der Waals surface area contributed by atoms with Gasteiger partial charge in [-0.05, 0) is 154 Å². The number of carbonyl (C=O) groups excluding carboxylic acids is 3. The van der Waals surface area contributed by atoms with Crippen molar-refractivity contribution in [3.8, 4) is 0 Å². The number of hydrogen-bond acceptors (Lipinski definition) is 14. The predicted octanol–water partition coefficient (Wildman–Crippen LogP) is 24.2. The van der Waals surface area contributed by atoms with Crippen molar-refractivity contribution in [3.05, 3.63) is 158 Å². The average Bonchev–Trinajstić information content (AvgIpc) is 0.916. The molecule has 16 nitrogen and oxygen atoms in total. The van der Waals surface area contributed by atoms with E-state index in [-0.39, 0.29) is 19.3 Å². The molecule has 0 amide bonds. The zero-order chi connectivity index (χ0) is 76.6. The standard InChI is InChI=1S/C87H146O16P2/c1-4-7-10-13-16-19-22-25-28-31-34-36-38-40-42-44-47-49-52-55-58-61-64-67-70-73-85(90)97-76-82(88)77-99-104(93,94)100-78-83(89)79-101-105(95,96)102-81-84(103-87(92)75-72-69-66-63-60-57-54-51-46-33-30-27-24-21-18-15-12-9-6-3)80-98-86(91)74-71-68-65-62-59-56-53-50-48-45-43-41-39-37-35-32-29-26-23-20-17-14-11-8-5-2/h9,12,16-21,25-30,34-37,40-43,46,51,57,60,82-84,88-89H,4-8,10-11,13-15,22-24,31-33,38-39,44-45,47-50,52-56,58-59,61-81H2,1-3H3,(H,93,94)(H,95,96)/b12-9-,19-16-,20-17-,21-18-,28-25-,29-26-,30-27-,36-34-,37-35-,42-40-,43-41-,51-46-,60-57-. The summed E-state index contributed by atoms with van der Waals surface area (Å²) in [7, 11) is -9.82. The number of phosphoric ester groups is 2. The lowest BCUT2D eigenvalue weighted by molar-refractivity contribution is -0.161. The van der Waals surface area contributed by atoms with Crippen molar-refractivity contribution in [1.29, 1.82) is 0 Å². The summed E-state index contributed by atoms with van der Waals surface area (Å²) in [6.07, 6.45) is 98.5. The molecule has 5 unspecified atom stereocenters. The molecule has 0 saturated heterocycles. The van der Waals surface area contributed by atoms with Gasteiger partial charge in [-0.1, -0.05) is 301 Å². The molecule has 0 aliphatic carbocycles. The number of phosphoric acid groups is 2. The Morgan fingerprint density at radius 1 is 0.276 bits per heavy atom. The van der Waals surface area contributed by atoms with Crippen molar-refractivity contribution in [2.24, 2.45) is 0 Å². The number of unbranched alkanes of at least 4 members (excludes halogenated alkanes) is 27. The number of rotatable bonds is 76. The second kappa shape index (κ2) is 78.7. The highest BCUT2D eigenvalue weighted by Gasteiger charge is 2.29. The van der Waals surface area contributed by atoms with Gasteiger partial charge in [0.25, 0.3) is 0 Å². The molecule has 0 aromatic rings. The Hall–Kier alpha value is -4.83. The molecule has 0 aliphatic heterocycles. The molecule has 0 aromatic heterocycles. The van der Waals surface area contributed by atoms with Crippen molar-refractivity contribution in [1.82, 2.24) is 0 Å². The minimum atomic E-state index is -4.95. The van der Waals surface area contributed by atoms with Gasteiger partial charge < -0.3 is 34.2 Å². The molecule has 0 heterocycles. The van der Waals surface area contributed by atoms with Crippen molar-refractivity contribution in [2.45, 2.75) is 334 Å². The summed E-state index contributed by atoms with van der Waals surface area (Å²) < 4.78 is 61.2. The van der Waals surface area contributed by atoms with E-state index < -0.39 is 91.5 Å². The number of esters is 3. The van der Waals surface area contributed by atoms with Gasteiger partial charge in [-0.3, -0.25) is 32.5 Å². The Balaban J connectivity index is 4.70. The molecule has 600 valence electrons. The monoisotopic (exact) mass is 1510 g/mol. The largest absolute Gasteiger partial charge is 0.472 e. The third-order valence-electron chi connectivity index (χ3n) is 16.7. The minimum absolute atomic E-state index is 0.0586. The molecule has 0 aliphatic rings. The number of allylic oxidation sites excluding steroid dienone is 26. The SMILES string of the molecule is CC/C=C\C/C=C\C/C=C\C/C=C\C/C=C\CCCCCC(=O)OC(COC(=O)CCCCCCCCCCC/C=C\C/C=C\C/C=C\C/C=C\CCCCC)COP(=O)(O)OCC(O)COP(=O)(O)OCC(O)COC(=O)CCCCCCCCCCC/C=C\C/C=C\C/C=C\C/C=C\CCCCC. The molecule has 0 saturated carbocycles. The normalized spacial score (nSPS) is 14.8. The van der Waals surface area contributed by atoms with Crippen LogP contribution >= 0.6 is 15.6 Å². The maximum Gasteiger partial charge on any atom is 0.472 e. The molecule has 5 atom stereocenters. The fraction of sp³-hybridized carbons (Fsp3) is 0.667. The van der Waals surface area contributed by atoms with E-state index in [0.717, 1.165) is 154 Å². The van der Waals surface area contributed by atoms with E-state index in [1.54, 1.807) is 0 Å². The van der Waals surface area contributed by atoms with Gasteiger partial charge in [0, 0.05) is 19.3 Å². The van der Waals surface area contributed by atoms with E-state index in [4.69, 9.17) is 32.3 Å². The van der Waals surface area contributed by atoms with Crippen molar-refractivity contribution in [2.75, 3.05) is 39.6 Å². The van der Waals surface area contributed by atoms with Gasteiger partial charge in [0.1, 0.15) is 25.4 Å². The smallest absolute Gasteiger partial charge is 0.463 e. The van der Waals surface area contributed by atoms with Crippen LogP contribution in [-0.4, -0.2) is 95.9 Å². The third kappa shape index (κ3) is 80.0. The Kier molecular flexibility index (Phi) is 75.1. The molecule has 105 heavy (non-hydrogen) atoms. The van der Waals surface area contributed by atoms with Gasteiger partial charge in [-0.2, -0.15) is 0 Å². The maximum atomic E-state index is 13.0. The molecule has 0 rings (SSSR count). The summed E-state index contributed by atoms with van der Waals surface area (Å²) in [6, 6.07) is 0. The molecule has 4 N–H and O–H groups in total. The van der Waals surface area contributed by atoms with Crippen LogP contribution in [0.3, 0.4) is 0 Å². The molecular formula is C87H146O16P2. The summed E-state index contributed by atoms with van der Waals surface area (Å²) in [6.45, 7) is 2.46. The lowest BCUT2D eigenvalue weighted by atomic mass is 10.1. The van der Waals surface area contributed by atoms with Crippen LogP contribution in [-0.2, 0) is 55.8 Å². The first-order valence-corrected chi connectivity index (χ1v) is 43.8.